The van der Waals surface area contributed by atoms with Gasteiger partial charge in [-0.1, -0.05) is 42.1 Å². The van der Waals surface area contributed by atoms with Crippen LogP contribution in [0.4, 0.5) is 0 Å². The van der Waals surface area contributed by atoms with Crippen molar-refractivity contribution in [1.29, 1.82) is 0 Å². The number of hydrogen-bond acceptors (Lipinski definition) is 3. The smallest absolute Gasteiger partial charge is 0.186 e. The van der Waals surface area contributed by atoms with Crippen molar-refractivity contribution in [2.24, 2.45) is 0 Å². The van der Waals surface area contributed by atoms with Gasteiger partial charge in [-0.3, -0.25) is 9.69 Å². The standard InChI is InChI=1S/C13H17NOS/c1-10(12-6-4-3-5-7-12)14-8-13(9-14)16-11(2)15/h3-7,10,13H,8-9H2,1-2H3/t10-/m1/s1. The van der Waals surface area contributed by atoms with Crippen LogP contribution in [0.1, 0.15) is 25.5 Å². The number of carbonyl (C=O) groups is 1. The Morgan fingerprint density at radius 1 is 1.38 bits per heavy atom. The van der Waals surface area contributed by atoms with E-state index in [0.29, 0.717) is 11.3 Å². The van der Waals surface area contributed by atoms with Crippen LogP contribution in [-0.2, 0) is 4.79 Å². The molecule has 0 unspecified atom stereocenters. The minimum Gasteiger partial charge on any atom is -0.294 e. The van der Waals surface area contributed by atoms with E-state index < -0.39 is 0 Å². The first-order valence-electron chi connectivity index (χ1n) is 5.63. The molecule has 1 fully saturated rings. The maximum Gasteiger partial charge on any atom is 0.186 e. The topological polar surface area (TPSA) is 20.3 Å². The summed E-state index contributed by atoms with van der Waals surface area (Å²) >= 11 is 1.48. The Kier molecular flexibility index (Phi) is 3.66. The zero-order chi connectivity index (χ0) is 11.5. The van der Waals surface area contributed by atoms with Crippen molar-refractivity contribution in [3.63, 3.8) is 0 Å². The predicted octanol–water partition coefficient (Wildman–Crippen LogP) is 2.71. The summed E-state index contributed by atoms with van der Waals surface area (Å²) in [6, 6.07) is 11.0. The average molecular weight is 235 g/mol. The van der Waals surface area contributed by atoms with Crippen LogP contribution in [0, 0.1) is 0 Å². The maximum atomic E-state index is 10.9. The molecule has 0 saturated carbocycles. The van der Waals surface area contributed by atoms with E-state index in [4.69, 9.17) is 0 Å². The van der Waals surface area contributed by atoms with Crippen molar-refractivity contribution in [3.8, 4) is 0 Å². The van der Waals surface area contributed by atoms with E-state index in [1.165, 1.54) is 17.3 Å². The fraction of sp³-hybridized carbons (Fsp3) is 0.462. The van der Waals surface area contributed by atoms with Gasteiger partial charge in [0.1, 0.15) is 0 Å². The first-order chi connectivity index (χ1) is 7.66. The van der Waals surface area contributed by atoms with E-state index >= 15 is 0 Å². The molecule has 1 saturated heterocycles. The van der Waals surface area contributed by atoms with E-state index in [1.807, 2.05) is 6.07 Å². The minimum atomic E-state index is 0.233. The monoisotopic (exact) mass is 235 g/mol. The number of rotatable bonds is 3. The molecule has 2 rings (SSSR count). The summed E-state index contributed by atoms with van der Waals surface area (Å²) in [5, 5.41) is 0.737. The Balaban J connectivity index is 1.86. The number of benzene rings is 1. The largest absolute Gasteiger partial charge is 0.294 e. The highest BCUT2D eigenvalue weighted by Gasteiger charge is 2.31. The molecule has 0 bridgehead atoms. The minimum absolute atomic E-state index is 0.233. The quantitative estimate of drug-likeness (QED) is 0.803. The van der Waals surface area contributed by atoms with E-state index in [2.05, 4.69) is 36.1 Å². The summed E-state index contributed by atoms with van der Waals surface area (Å²) in [5.74, 6) is 0. The Hall–Kier alpha value is -0.800. The Morgan fingerprint density at radius 3 is 2.56 bits per heavy atom. The molecule has 0 N–H and O–H groups in total. The van der Waals surface area contributed by atoms with Crippen LogP contribution < -0.4 is 0 Å². The molecule has 0 amide bonds. The van der Waals surface area contributed by atoms with Crippen LogP contribution >= 0.6 is 11.8 Å². The number of nitrogens with zero attached hydrogens (tertiary/aromatic N) is 1. The fourth-order valence-corrected chi connectivity index (χ4v) is 3.04. The lowest BCUT2D eigenvalue weighted by molar-refractivity contribution is -0.109. The summed E-state index contributed by atoms with van der Waals surface area (Å²) in [6.45, 7) is 5.93. The fourth-order valence-electron chi connectivity index (χ4n) is 2.04. The summed E-state index contributed by atoms with van der Waals surface area (Å²) in [6.07, 6.45) is 0. The van der Waals surface area contributed by atoms with E-state index in [9.17, 15) is 4.79 Å². The first kappa shape index (κ1) is 11.7. The predicted molar refractivity (Wildman–Crippen MR) is 68.5 cm³/mol. The molecule has 1 aliphatic heterocycles. The molecule has 1 atom stereocenters. The Bertz CT molecular complexity index is 359. The molecule has 0 radical (unpaired) electrons. The SMILES string of the molecule is CC(=O)SC1CN([C@H](C)c2ccccc2)C1. The lowest BCUT2D eigenvalue weighted by Crippen LogP contribution is -2.50. The Morgan fingerprint density at radius 2 is 2.00 bits per heavy atom. The third-order valence-electron chi connectivity index (χ3n) is 3.04. The van der Waals surface area contributed by atoms with Crippen LogP contribution in [0.2, 0.25) is 0 Å². The van der Waals surface area contributed by atoms with Gasteiger partial charge in [-0.25, -0.2) is 0 Å². The third kappa shape index (κ3) is 2.66. The zero-order valence-electron chi connectivity index (χ0n) is 9.72. The second kappa shape index (κ2) is 5.02. The average Bonchev–Trinajstić information content (AvgIpc) is 2.23. The molecule has 1 aromatic rings. The van der Waals surface area contributed by atoms with Gasteiger partial charge in [0.05, 0.1) is 0 Å². The van der Waals surface area contributed by atoms with Crippen molar-refractivity contribution >= 4 is 16.9 Å². The van der Waals surface area contributed by atoms with Crippen molar-refractivity contribution in [2.45, 2.75) is 25.1 Å². The van der Waals surface area contributed by atoms with E-state index in [-0.39, 0.29) is 5.12 Å². The summed E-state index contributed by atoms with van der Waals surface area (Å²) in [5.41, 5.74) is 1.36. The van der Waals surface area contributed by atoms with Gasteiger partial charge in [-0.05, 0) is 12.5 Å². The molecule has 1 heterocycles. The van der Waals surface area contributed by atoms with Gasteiger partial charge >= 0.3 is 0 Å². The molecule has 1 aromatic carbocycles. The van der Waals surface area contributed by atoms with Crippen LogP contribution in [0.3, 0.4) is 0 Å². The summed E-state index contributed by atoms with van der Waals surface area (Å²) in [4.78, 5) is 13.4. The number of hydrogen-bond donors (Lipinski definition) is 0. The highest BCUT2D eigenvalue weighted by Crippen LogP contribution is 2.30. The number of likely N-dealkylation sites (tertiary alicyclic amines) is 1. The van der Waals surface area contributed by atoms with Crippen LogP contribution in [-0.4, -0.2) is 28.4 Å². The lowest BCUT2D eigenvalue weighted by Gasteiger charge is -2.42. The second-order valence-corrected chi connectivity index (χ2v) is 5.75. The van der Waals surface area contributed by atoms with Gasteiger partial charge in [0.15, 0.2) is 5.12 Å². The first-order valence-corrected chi connectivity index (χ1v) is 6.51. The number of carbonyl (C=O) groups excluding carboxylic acids is 1. The van der Waals surface area contributed by atoms with Crippen LogP contribution in [0.25, 0.3) is 0 Å². The lowest BCUT2D eigenvalue weighted by atomic mass is 10.0. The molecular formula is C13H17NOS. The van der Waals surface area contributed by atoms with Gasteiger partial charge in [-0.15, -0.1) is 0 Å². The van der Waals surface area contributed by atoms with Gasteiger partial charge in [0, 0.05) is 31.3 Å². The Labute approximate surface area is 101 Å². The molecule has 16 heavy (non-hydrogen) atoms. The van der Waals surface area contributed by atoms with Gasteiger partial charge in [0.25, 0.3) is 0 Å². The highest BCUT2D eigenvalue weighted by molar-refractivity contribution is 8.14. The normalized spacial score (nSPS) is 19.1. The number of thioether (sulfide) groups is 1. The maximum absolute atomic E-state index is 10.9. The molecule has 3 heteroatoms. The van der Waals surface area contributed by atoms with Crippen LogP contribution in [0.5, 0.6) is 0 Å². The summed E-state index contributed by atoms with van der Waals surface area (Å²) < 4.78 is 0. The molecular weight excluding hydrogens is 218 g/mol. The molecule has 1 aliphatic rings. The molecule has 0 aromatic heterocycles. The zero-order valence-corrected chi connectivity index (χ0v) is 10.5. The van der Waals surface area contributed by atoms with Gasteiger partial charge in [0.2, 0.25) is 0 Å². The third-order valence-corrected chi connectivity index (χ3v) is 4.00. The molecule has 86 valence electrons. The van der Waals surface area contributed by atoms with Crippen molar-refractivity contribution in [1.82, 2.24) is 4.90 Å². The molecule has 2 nitrogen and oxygen atoms in total. The van der Waals surface area contributed by atoms with Crippen LogP contribution in [0.15, 0.2) is 30.3 Å². The van der Waals surface area contributed by atoms with Crippen molar-refractivity contribution in [2.75, 3.05) is 13.1 Å². The van der Waals surface area contributed by atoms with E-state index in [1.54, 1.807) is 6.92 Å². The molecule has 0 aliphatic carbocycles. The van der Waals surface area contributed by atoms with Crippen molar-refractivity contribution < 1.29 is 4.79 Å². The van der Waals surface area contributed by atoms with Gasteiger partial charge in [-0.2, -0.15) is 0 Å². The van der Waals surface area contributed by atoms with E-state index in [0.717, 1.165) is 13.1 Å². The molecule has 0 spiro atoms. The van der Waals surface area contributed by atoms with Crippen molar-refractivity contribution in [3.05, 3.63) is 35.9 Å². The van der Waals surface area contributed by atoms with Gasteiger partial charge < -0.3 is 0 Å². The second-order valence-electron chi connectivity index (χ2n) is 4.27. The highest BCUT2D eigenvalue weighted by atomic mass is 32.2. The summed E-state index contributed by atoms with van der Waals surface area (Å²) in [7, 11) is 0.